The van der Waals surface area contributed by atoms with Crippen LogP contribution in [-0.2, 0) is 4.79 Å². The summed E-state index contributed by atoms with van der Waals surface area (Å²) in [7, 11) is 2.13. The van der Waals surface area contributed by atoms with E-state index in [1.807, 2.05) is 12.3 Å². The Morgan fingerprint density at radius 2 is 2.11 bits per heavy atom. The van der Waals surface area contributed by atoms with Crippen LogP contribution in [0, 0.1) is 18.8 Å². The first-order valence-electron chi connectivity index (χ1n) is 10.1. The van der Waals surface area contributed by atoms with Crippen LogP contribution in [0.2, 0.25) is 0 Å². The summed E-state index contributed by atoms with van der Waals surface area (Å²) in [6.45, 7) is 8.33. The van der Waals surface area contributed by atoms with Gasteiger partial charge in [-0.1, -0.05) is 13.0 Å². The van der Waals surface area contributed by atoms with Crippen molar-refractivity contribution in [1.29, 1.82) is 0 Å². The molecule has 2 fully saturated rings. The molecule has 2 saturated heterocycles. The van der Waals surface area contributed by atoms with Gasteiger partial charge in [-0.3, -0.25) is 9.78 Å². The summed E-state index contributed by atoms with van der Waals surface area (Å²) in [4.78, 5) is 21.8. The Kier molecular flexibility index (Phi) is 5.04. The number of pyridine rings is 1. The molecule has 0 aliphatic carbocycles. The molecule has 0 saturated carbocycles. The Balaban J connectivity index is 1.44. The molecular formula is C22H30N4O. The Morgan fingerprint density at radius 3 is 2.89 bits per heavy atom. The van der Waals surface area contributed by atoms with Crippen molar-refractivity contribution in [2.45, 2.75) is 32.7 Å². The van der Waals surface area contributed by atoms with Crippen LogP contribution in [0.25, 0.3) is 10.9 Å². The number of benzene rings is 1. The molecule has 4 rings (SSSR count). The number of likely N-dealkylation sites (tertiary alicyclic amines) is 1. The van der Waals surface area contributed by atoms with Gasteiger partial charge in [0, 0.05) is 43.3 Å². The molecule has 1 amide bonds. The number of aromatic nitrogens is 1. The predicted octanol–water partition coefficient (Wildman–Crippen LogP) is 2.83. The van der Waals surface area contributed by atoms with E-state index >= 15 is 0 Å². The molecule has 1 unspecified atom stereocenters. The fourth-order valence-corrected chi connectivity index (χ4v) is 4.65. The lowest BCUT2D eigenvalue weighted by molar-refractivity contribution is -0.122. The van der Waals surface area contributed by atoms with Gasteiger partial charge in [-0.2, -0.15) is 0 Å². The fraction of sp³-hybridized carbons (Fsp3) is 0.545. The van der Waals surface area contributed by atoms with Gasteiger partial charge in [0.1, 0.15) is 0 Å². The maximum Gasteiger partial charge on any atom is 0.220 e. The minimum absolute atomic E-state index is 0.212. The normalized spacial score (nSPS) is 26.0. The van der Waals surface area contributed by atoms with E-state index in [2.05, 4.69) is 59.2 Å². The SMILES string of the molecule is Cc1ccc(N2C[C@@H](C)[C@@H](NC(=O)CC3CCN(C)C3)C2)c2cccnc12. The fourth-order valence-electron chi connectivity index (χ4n) is 4.65. The highest BCUT2D eigenvalue weighted by atomic mass is 16.1. The van der Waals surface area contributed by atoms with Gasteiger partial charge in [0.25, 0.3) is 0 Å². The lowest BCUT2D eigenvalue weighted by atomic mass is 10.0. The number of hydrogen-bond donors (Lipinski definition) is 1. The summed E-state index contributed by atoms with van der Waals surface area (Å²) in [6.07, 6.45) is 3.65. The maximum atomic E-state index is 12.5. The number of rotatable bonds is 4. The molecule has 2 aromatic rings. The van der Waals surface area contributed by atoms with Gasteiger partial charge in [-0.05, 0) is 62.5 Å². The highest BCUT2D eigenvalue weighted by Gasteiger charge is 2.32. The molecule has 1 aromatic carbocycles. The van der Waals surface area contributed by atoms with Gasteiger partial charge in [-0.25, -0.2) is 0 Å². The number of fused-ring (bicyclic) bond motifs is 1. The van der Waals surface area contributed by atoms with Gasteiger partial charge >= 0.3 is 0 Å². The van der Waals surface area contributed by atoms with E-state index in [0.717, 1.165) is 38.1 Å². The van der Waals surface area contributed by atoms with Gasteiger partial charge in [0.2, 0.25) is 5.91 Å². The Hall–Kier alpha value is -2.14. The van der Waals surface area contributed by atoms with Crippen molar-refractivity contribution >= 4 is 22.5 Å². The van der Waals surface area contributed by atoms with E-state index in [0.29, 0.717) is 18.3 Å². The molecule has 27 heavy (non-hydrogen) atoms. The summed E-state index contributed by atoms with van der Waals surface area (Å²) < 4.78 is 0. The second kappa shape index (κ2) is 7.47. The van der Waals surface area contributed by atoms with Crippen molar-refractivity contribution in [2.24, 2.45) is 11.8 Å². The zero-order chi connectivity index (χ0) is 19.0. The van der Waals surface area contributed by atoms with Crippen molar-refractivity contribution < 1.29 is 4.79 Å². The van der Waals surface area contributed by atoms with Crippen molar-refractivity contribution in [3.63, 3.8) is 0 Å². The van der Waals surface area contributed by atoms with E-state index in [-0.39, 0.29) is 11.9 Å². The molecule has 2 aliphatic heterocycles. The molecule has 0 spiro atoms. The zero-order valence-electron chi connectivity index (χ0n) is 16.6. The average molecular weight is 367 g/mol. The van der Waals surface area contributed by atoms with Gasteiger partial charge in [0.15, 0.2) is 0 Å². The molecule has 1 N–H and O–H groups in total. The number of nitrogens with one attached hydrogen (secondary N) is 1. The first-order valence-corrected chi connectivity index (χ1v) is 10.1. The third-order valence-electron chi connectivity index (χ3n) is 6.21. The Labute approximate surface area is 161 Å². The van der Waals surface area contributed by atoms with E-state index in [4.69, 9.17) is 0 Å². The third-order valence-corrected chi connectivity index (χ3v) is 6.21. The second-order valence-electron chi connectivity index (χ2n) is 8.48. The van der Waals surface area contributed by atoms with E-state index in [1.165, 1.54) is 16.6 Å². The van der Waals surface area contributed by atoms with E-state index in [9.17, 15) is 4.79 Å². The van der Waals surface area contributed by atoms with Crippen molar-refractivity contribution in [1.82, 2.24) is 15.2 Å². The molecular weight excluding hydrogens is 336 g/mol. The minimum atomic E-state index is 0.212. The molecule has 5 nitrogen and oxygen atoms in total. The van der Waals surface area contributed by atoms with Crippen molar-refractivity contribution in [3.8, 4) is 0 Å². The van der Waals surface area contributed by atoms with Crippen molar-refractivity contribution in [2.75, 3.05) is 38.1 Å². The molecule has 3 atom stereocenters. The zero-order valence-corrected chi connectivity index (χ0v) is 16.6. The van der Waals surface area contributed by atoms with Gasteiger partial charge < -0.3 is 15.1 Å². The molecule has 0 radical (unpaired) electrons. The maximum absolute atomic E-state index is 12.5. The smallest absolute Gasteiger partial charge is 0.220 e. The topological polar surface area (TPSA) is 48.5 Å². The van der Waals surface area contributed by atoms with Crippen LogP contribution in [0.1, 0.15) is 25.3 Å². The summed E-state index contributed by atoms with van der Waals surface area (Å²) >= 11 is 0. The Morgan fingerprint density at radius 1 is 1.26 bits per heavy atom. The predicted molar refractivity (Wildman–Crippen MR) is 110 cm³/mol. The van der Waals surface area contributed by atoms with Crippen LogP contribution in [-0.4, -0.2) is 55.1 Å². The summed E-state index contributed by atoms with van der Waals surface area (Å²) in [5.41, 5.74) is 3.50. The number of nitrogens with zero attached hydrogens (tertiary/aromatic N) is 3. The van der Waals surface area contributed by atoms with Crippen LogP contribution in [0.3, 0.4) is 0 Å². The van der Waals surface area contributed by atoms with Crippen molar-refractivity contribution in [3.05, 3.63) is 36.0 Å². The van der Waals surface area contributed by atoms with Crippen LogP contribution in [0.4, 0.5) is 5.69 Å². The second-order valence-corrected chi connectivity index (χ2v) is 8.48. The highest BCUT2D eigenvalue weighted by Crippen LogP contribution is 2.32. The first-order chi connectivity index (χ1) is 13.0. The third kappa shape index (κ3) is 3.79. The number of anilines is 1. The van der Waals surface area contributed by atoms with Crippen LogP contribution >= 0.6 is 0 Å². The number of aryl methyl sites for hydroxylation is 1. The quantitative estimate of drug-likeness (QED) is 0.904. The average Bonchev–Trinajstić information content (AvgIpc) is 3.21. The molecule has 2 aliphatic rings. The van der Waals surface area contributed by atoms with Crippen LogP contribution in [0.5, 0.6) is 0 Å². The number of amides is 1. The van der Waals surface area contributed by atoms with Crippen LogP contribution < -0.4 is 10.2 Å². The number of carbonyl (C=O) groups is 1. The summed E-state index contributed by atoms with van der Waals surface area (Å²) in [5.74, 6) is 1.16. The molecule has 5 heteroatoms. The van der Waals surface area contributed by atoms with E-state index in [1.54, 1.807) is 0 Å². The molecule has 3 heterocycles. The summed E-state index contributed by atoms with van der Waals surface area (Å²) in [6, 6.07) is 8.72. The largest absolute Gasteiger partial charge is 0.369 e. The number of carbonyl (C=O) groups excluding carboxylic acids is 1. The lowest BCUT2D eigenvalue weighted by Crippen LogP contribution is -2.40. The molecule has 0 bridgehead atoms. The highest BCUT2D eigenvalue weighted by molar-refractivity contribution is 5.94. The van der Waals surface area contributed by atoms with Gasteiger partial charge in [0.05, 0.1) is 11.6 Å². The summed E-state index contributed by atoms with van der Waals surface area (Å²) in [5, 5.41) is 4.51. The molecule has 1 aromatic heterocycles. The van der Waals surface area contributed by atoms with E-state index < -0.39 is 0 Å². The molecule has 144 valence electrons. The van der Waals surface area contributed by atoms with Crippen LogP contribution in [0.15, 0.2) is 30.5 Å². The number of hydrogen-bond acceptors (Lipinski definition) is 4. The monoisotopic (exact) mass is 366 g/mol. The lowest BCUT2D eigenvalue weighted by Gasteiger charge is -2.21. The minimum Gasteiger partial charge on any atom is -0.369 e. The Bertz CT molecular complexity index is 836. The van der Waals surface area contributed by atoms with Gasteiger partial charge in [-0.15, -0.1) is 0 Å². The first kappa shape index (κ1) is 18.2. The standard InChI is InChI=1S/C22H30N4O/c1-15-6-7-20(18-5-4-9-23-22(15)18)26-12-16(2)19(14-26)24-21(27)11-17-8-10-25(3)13-17/h4-7,9,16-17,19H,8,10-14H2,1-3H3,(H,24,27)/t16-,17?,19+/m1/s1.